The van der Waals surface area contributed by atoms with Crippen LogP contribution < -0.4 is 10.2 Å². The molecule has 1 saturated heterocycles. The lowest BCUT2D eigenvalue weighted by molar-refractivity contribution is 0.0781. The van der Waals surface area contributed by atoms with Gasteiger partial charge >= 0.3 is 0 Å². The molecule has 3 aromatic rings. The highest BCUT2D eigenvalue weighted by Gasteiger charge is 2.37. The maximum atomic E-state index is 12.7. The molecule has 1 unspecified atom stereocenters. The zero-order valence-corrected chi connectivity index (χ0v) is 19.6. The van der Waals surface area contributed by atoms with Gasteiger partial charge in [0.1, 0.15) is 23.6 Å². The summed E-state index contributed by atoms with van der Waals surface area (Å²) in [6, 6.07) is 1.98. The smallest absolute Gasteiger partial charge is 0.188 e. The van der Waals surface area contributed by atoms with Gasteiger partial charge in [-0.05, 0) is 56.7 Å². The molecule has 0 aromatic carbocycles. The molecule has 176 valence electrons. The van der Waals surface area contributed by atoms with Crippen molar-refractivity contribution >= 4 is 22.6 Å². The number of aromatic nitrogens is 4. The van der Waals surface area contributed by atoms with Crippen LogP contribution in [0.25, 0.3) is 11.0 Å². The first-order valence-electron chi connectivity index (χ1n) is 12.4. The predicted octanol–water partition coefficient (Wildman–Crippen LogP) is 4.13. The van der Waals surface area contributed by atoms with Gasteiger partial charge < -0.3 is 19.7 Å². The SMILES string of the molecule is CC1CC(C(=O)c2noc3c2CN(c2ncnc4[nH]ccc24)CC3)C1.CCCC1CCNC1. The van der Waals surface area contributed by atoms with Crippen LogP contribution in [0.3, 0.4) is 0 Å². The van der Waals surface area contributed by atoms with Gasteiger partial charge in [-0.1, -0.05) is 25.4 Å². The molecule has 33 heavy (non-hydrogen) atoms. The molecular formula is C25H34N6O2. The van der Waals surface area contributed by atoms with E-state index in [1.165, 1.54) is 32.4 Å². The number of rotatable bonds is 5. The number of nitrogens with one attached hydrogen (secondary N) is 2. The molecule has 2 fully saturated rings. The molecular weight excluding hydrogens is 416 g/mol. The van der Waals surface area contributed by atoms with Crippen LogP contribution in [0.4, 0.5) is 5.82 Å². The van der Waals surface area contributed by atoms with E-state index < -0.39 is 0 Å². The zero-order chi connectivity index (χ0) is 22.8. The third-order valence-electron chi connectivity index (χ3n) is 7.30. The molecule has 0 radical (unpaired) electrons. The molecule has 6 rings (SSSR count). The maximum absolute atomic E-state index is 12.7. The number of H-pyrrole nitrogens is 1. The van der Waals surface area contributed by atoms with E-state index in [0.29, 0.717) is 18.2 Å². The van der Waals surface area contributed by atoms with Gasteiger partial charge in [-0.2, -0.15) is 0 Å². The number of aromatic amines is 1. The lowest BCUT2D eigenvalue weighted by Gasteiger charge is -2.31. The number of hydrogen-bond acceptors (Lipinski definition) is 7. The first-order chi connectivity index (χ1) is 16.1. The van der Waals surface area contributed by atoms with Crippen molar-refractivity contribution in [3.8, 4) is 0 Å². The van der Waals surface area contributed by atoms with Crippen molar-refractivity contribution in [2.75, 3.05) is 24.5 Å². The molecule has 8 heteroatoms. The Hall–Kier alpha value is -2.74. The van der Waals surface area contributed by atoms with E-state index >= 15 is 0 Å². The Kier molecular flexibility index (Phi) is 6.44. The van der Waals surface area contributed by atoms with Crippen LogP contribution in [-0.4, -0.2) is 45.5 Å². The van der Waals surface area contributed by atoms with Gasteiger partial charge in [0, 0.05) is 30.6 Å². The summed E-state index contributed by atoms with van der Waals surface area (Å²) >= 11 is 0. The highest BCUT2D eigenvalue weighted by Crippen LogP contribution is 2.37. The van der Waals surface area contributed by atoms with Gasteiger partial charge in [0.25, 0.3) is 0 Å². The monoisotopic (exact) mass is 450 g/mol. The number of hydrogen-bond donors (Lipinski definition) is 2. The molecule has 3 aromatic heterocycles. The summed E-state index contributed by atoms with van der Waals surface area (Å²) in [6.07, 6.45) is 10.3. The summed E-state index contributed by atoms with van der Waals surface area (Å²) < 4.78 is 5.47. The number of carbonyl (C=O) groups excluding carboxylic acids is 1. The third kappa shape index (κ3) is 4.53. The minimum absolute atomic E-state index is 0.106. The number of ketones is 1. The number of fused-ring (bicyclic) bond motifs is 2. The van der Waals surface area contributed by atoms with Gasteiger partial charge in [-0.15, -0.1) is 0 Å². The molecule has 2 aliphatic heterocycles. The Morgan fingerprint density at radius 3 is 2.94 bits per heavy atom. The molecule has 0 bridgehead atoms. The molecule has 1 atom stereocenters. The largest absolute Gasteiger partial charge is 0.360 e. The molecule has 2 N–H and O–H groups in total. The van der Waals surface area contributed by atoms with Crippen LogP contribution >= 0.6 is 0 Å². The van der Waals surface area contributed by atoms with Gasteiger partial charge in [-0.25, -0.2) is 9.97 Å². The van der Waals surface area contributed by atoms with Crippen LogP contribution in [0.2, 0.25) is 0 Å². The molecule has 1 saturated carbocycles. The van der Waals surface area contributed by atoms with Gasteiger partial charge in [0.2, 0.25) is 0 Å². The molecule has 0 spiro atoms. The van der Waals surface area contributed by atoms with Gasteiger partial charge in [-0.3, -0.25) is 4.79 Å². The van der Waals surface area contributed by atoms with E-state index in [4.69, 9.17) is 4.52 Å². The number of nitrogens with zero attached hydrogens (tertiary/aromatic N) is 4. The Balaban J connectivity index is 0.000000243. The summed E-state index contributed by atoms with van der Waals surface area (Å²) in [4.78, 5) is 26.8. The van der Waals surface area contributed by atoms with Crippen molar-refractivity contribution < 1.29 is 9.32 Å². The van der Waals surface area contributed by atoms with Crippen LogP contribution in [-0.2, 0) is 13.0 Å². The second-order valence-corrected chi connectivity index (χ2v) is 9.83. The molecule has 3 aliphatic rings. The highest BCUT2D eigenvalue weighted by molar-refractivity contribution is 5.98. The summed E-state index contributed by atoms with van der Waals surface area (Å²) in [5.74, 6) is 3.60. The van der Waals surface area contributed by atoms with E-state index in [1.807, 2.05) is 12.3 Å². The summed E-state index contributed by atoms with van der Waals surface area (Å²) in [6.45, 7) is 8.35. The number of Topliss-reactive ketones (excluding diaryl/α,β-unsaturated/α-hetero) is 1. The van der Waals surface area contributed by atoms with E-state index in [1.54, 1.807) is 6.33 Å². The average molecular weight is 451 g/mol. The molecule has 8 nitrogen and oxygen atoms in total. The highest BCUT2D eigenvalue weighted by atomic mass is 16.5. The standard InChI is InChI=1S/C18H19N5O2.C7H15N/c1-10-6-11(7-10)16(24)15-13-8-23(5-3-14(13)25-22-15)18-12-2-4-19-17(12)20-9-21-18;1-2-3-7-4-5-8-6-7/h2,4,9-11H,3,5-8H2,1H3,(H,19,20,21);7-8H,2-6H2,1H3. The maximum Gasteiger partial charge on any atom is 0.188 e. The fourth-order valence-corrected chi connectivity index (χ4v) is 5.37. The second kappa shape index (κ2) is 9.63. The topological polar surface area (TPSA) is 99.9 Å². The Morgan fingerprint density at radius 2 is 2.18 bits per heavy atom. The van der Waals surface area contributed by atoms with E-state index in [9.17, 15) is 4.79 Å². The van der Waals surface area contributed by atoms with Crippen molar-refractivity contribution in [2.24, 2.45) is 17.8 Å². The van der Waals surface area contributed by atoms with Crippen LogP contribution in [0.1, 0.15) is 67.8 Å². The van der Waals surface area contributed by atoms with Crippen LogP contribution in [0, 0.1) is 17.8 Å². The third-order valence-corrected chi connectivity index (χ3v) is 7.30. The van der Waals surface area contributed by atoms with Crippen molar-refractivity contribution in [1.82, 2.24) is 25.4 Å². The van der Waals surface area contributed by atoms with Crippen molar-refractivity contribution in [3.05, 3.63) is 35.6 Å². The van der Waals surface area contributed by atoms with Crippen molar-refractivity contribution in [3.63, 3.8) is 0 Å². The van der Waals surface area contributed by atoms with Crippen molar-refractivity contribution in [1.29, 1.82) is 0 Å². The molecule has 5 heterocycles. The summed E-state index contributed by atoms with van der Waals surface area (Å²) in [5, 5.41) is 8.46. The fraction of sp³-hybridized carbons (Fsp3) is 0.600. The summed E-state index contributed by atoms with van der Waals surface area (Å²) in [7, 11) is 0. The zero-order valence-electron chi connectivity index (χ0n) is 19.6. The fourth-order valence-electron chi connectivity index (χ4n) is 5.37. The predicted molar refractivity (Wildman–Crippen MR) is 127 cm³/mol. The van der Waals surface area contributed by atoms with E-state index in [0.717, 1.165) is 59.9 Å². The minimum atomic E-state index is 0.106. The Morgan fingerprint density at radius 1 is 1.30 bits per heavy atom. The minimum Gasteiger partial charge on any atom is -0.360 e. The first kappa shape index (κ1) is 22.1. The van der Waals surface area contributed by atoms with E-state index in [2.05, 4.69) is 44.2 Å². The lowest BCUT2D eigenvalue weighted by atomic mass is 9.73. The normalized spacial score (nSPS) is 24.2. The molecule has 1 aliphatic carbocycles. The first-order valence-corrected chi connectivity index (χ1v) is 12.4. The van der Waals surface area contributed by atoms with Gasteiger partial charge in [0.15, 0.2) is 11.5 Å². The van der Waals surface area contributed by atoms with Gasteiger partial charge in [0.05, 0.1) is 11.9 Å². The Bertz CT molecular complexity index is 1090. The molecule has 0 amide bonds. The van der Waals surface area contributed by atoms with Crippen LogP contribution in [0.5, 0.6) is 0 Å². The average Bonchev–Trinajstić information content (AvgIpc) is 3.57. The quantitative estimate of drug-likeness (QED) is 0.564. The lowest BCUT2D eigenvalue weighted by Crippen LogP contribution is -2.33. The number of anilines is 1. The van der Waals surface area contributed by atoms with Crippen LogP contribution in [0.15, 0.2) is 23.1 Å². The Labute approximate surface area is 194 Å². The summed E-state index contributed by atoms with van der Waals surface area (Å²) in [5.41, 5.74) is 2.27. The second-order valence-electron chi connectivity index (χ2n) is 9.83. The number of carbonyl (C=O) groups is 1. The van der Waals surface area contributed by atoms with Crippen molar-refractivity contribution in [2.45, 2.75) is 58.9 Å². The van der Waals surface area contributed by atoms with E-state index in [-0.39, 0.29) is 11.7 Å².